The first-order valence-corrected chi connectivity index (χ1v) is 8.19. The van der Waals surface area contributed by atoms with Crippen LogP contribution in [0.2, 0.25) is 5.02 Å². The second-order valence-corrected chi connectivity index (χ2v) is 6.73. The van der Waals surface area contributed by atoms with Gasteiger partial charge in [-0.2, -0.15) is 0 Å². The van der Waals surface area contributed by atoms with E-state index in [0.717, 1.165) is 12.3 Å². The van der Waals surface area contributed by atoms with Crippen molar-refractivity contribution in [2.24, 2.45) is 17.8 Å². The highest BCUT2D eigenvalue weighted by Gasteiger charge is 2.40. The smallest absolute Gasteiger partial charge is 0.306 e. The van der Waals surface area contributed by atoms with Crippen LogP contribution in [-0.4, -0.2) is 18.5 Å². The maximum absolute atomic E-state index is 11.9. The molecular weight excluding hydrogens is 302 g/mol. The van der Waals surface area contributed by atoms with Gasteiger partial charge in [-0.25, -0.2) is 0 Å². The topological polar surface area (TPSA) is 55.4 Å². The number of amides is 1. The van der Waals surface area contributed by atoms with E-state index in [9.17, 15) is 9.59 Å². The van der Waals surface area contributed by atoms with Gasteiger partial charge in [0.25, 0.3) is 5.91 Å². The normalized spacial score (nSPS) is 26.0. The Morgan fingerprint density at radius 3 is 2.73 bits per heavy atom. The third kappa shape index (κ3) is 3.61. The number of esters is 1. The number of carbonyl (C=O) groups excluding carboxylic acids is 2. The summed E-state index contributed by atoms with van der Waals surface area (Å²) >= 11 is 5.96. The van der Waals surface area contributed by atoms with Crippen molar-refractivity contribution in [3.05, 3.63) is 29.3 Å². The largest absolute Gasteiger partial charge is 0.456 e. The Labute approximate surface area is 135 Å². The lowest BCUT2D eigenvalue weighted by Gasteiger charge is -2.20. The molecule has 0 aromatic heterocycles. The SMILES string of the molecule is O=C(COC(=O)C[C@@H]1C[C@H]2CC[C@H]1C2)Nc1ccccc1Cl. The second kappa shape index (κ2) is 6.69. The molecule has 1 N–H and O–H groups in total. The maximum Gasteiger partial charge on any atom is 0.306 e. The molecule has 4 nitrogen and oxygen atoms in total. The van der Waals surface area contributed by atoms with Crippen molar-refractivity contribution in [3.63, 3.8) is 0 Å². The van der Waals surface area contributed by atoms with E-state index >= 15 is 0 Å². The van der Waals surface area contributed by atoms with Crippen LogP contribution in [0, 0.1) is 17.8 Å². The third-order valence-electron chi connectivity index (χ3n) is 4.83. The molecule has 0 aliphatic heterocycles. The third-order valence-corrected chi connectivity index (χ3v) is 5.16. The Morgan fingerprint density at radius 2 is 2.05 bits per heavy atom. The Hall–Kier alpha value is -1.55. The van der Waals surface area contributed by atoms with Gasteiger partial charge in [-0.3, -0.25) is 9.59 Å². The van der Waals surface area contributed by atoms with Gasteiger partial charge in [0.1, 0.15) is 0 Å². The molecule has 3 rings (SSSR count). The van der Waals surface area contributed by atoms with Crippen molar-refractivity contribution >= 4 is 29.2 Å². The standard InChI is InChI=1S/C17H20ClNO3/c18-14-3-1-2-4-15(14)19-16(20)10-22-17(21)9-13-8-11-5-6-12(13)7-11/h1-4,11-13H,5-10H2,(H,19,20)/t11-,12-,13-/m0/s1. The average Bonchev–Trinajstić information content (AvgIpc) is 3.10. The number of nitrogens with one attached hydrogen (secondary N) is 1. The molecule has 2 bridgehead atoms. The molecule has 0 spiro atoms. The molecule has 1 amide bonds. The van der Waals surface area contributed by atoms with Crippen molar-refractivity contribution in [1.82, 2.24) is 0 Å². The van der Waals surface area contributed by atoms with Crippen LogP contribution in [0.3, 0.4) is 0 Å². The molecule has 0 unspecified atom stereocenters. The number of benzene rings is 1. The number of ether oxygens (including phenoxy) is 1. The molecule has 118 valence electrons. The summed E-state index contributed by atoms with van der Waals surface area (Å²) in [6, 6.07) is 6.96. The van der Waals surface area contributed by atoms with E-state index in [0.29, 0.717) is 29.0 Å². The number of anilines is 1. The summed E-state index contributed by atoms with van der Waals surface area (Å²) in [5, 5.41) is 3.10. The molecular formula is C17H20ClNO3. The Kier molecular flexibility index (Phi) is 4.67. The zero-order chi connectivity index (χ0) is 15.5. The van der Waals surface area contributed by atoms with Crippen LogP contribution in [0.25, 0.3) is 0 Å². The Bertz CT molecular complexity index is 575. The van der Waals surface area contributed by atoms with Gasteiger partial charge in [-0.15, -0.1) is 0 Å². The number of carbonyl (C=O) groups is 2. The highest BCUT2D eigenvalue weighted by atomic mass is 35.5. The highest BCUT2D eigenvalue weighted by molar-refractivity contribution is 6.33. The molecule has 2 saturated carbocycles. The van der Waals surface area contributed by atoms with Gasteiger partial charge in [0, 0.05) is 6.42 Å². The molecule has 0 radical (unpaired) electrons. The minimum absolute atomic E-state index is 0.259. The van der Waals surface area contributed by atoms with Gasteiger partial charge in [0.2, 0.25) is 0 Å². The zero-order valence-electron chi connectivity index (χ0n) is 12.4. The molecule has 2 aliphatic carbocycles. The van der Waals surface area contributed by atoms with Gasteiger partial charge < -0.3 is 10.1 Å². The first-order valence-electron chi connectivity index (χ1n) is 7.82. The number of halogens is 1. The number of para-hydroxylation sites is 1. The molecule has 3 atom stereocenters. The fourth-order valence-electron chi connectivity index (χ4n) is 3.79. The fraction of sp³-hybridized carbons (Fsp3) is 0.529. The Morgan fingerprint density at radius 1 is 1.23 bits per heavy atom. The van der Waals surface area contributed by atoms with E-state index in [1.807, 2.05) is 0 Å². The number of fused-ring (bicyclic) bond motifs is 2. The summed E-state index contributed by atoms with van der Waals surface area (Å²) < 4.78 is 5.09. The van der Waals surface area contributed by atoms with Crippen molar-refractivity contribution in [3.8, 4) is 0 Å². The summed E-state index contributed by atoms with van der Waals surface area (Å²) in [6.45, 7) is -0.259. The van der Waals surface area contributed by atoms with Crippen LogP contribution in [0.5, 0.6) is 0 Å². The van der Waals surface area contributed by atoms with Crippen LogP contribution in [0.4, 0.5) is 5.69 Å². The van der Waals surface area contributed by atoms with E-state index < -0.39 is 0 Å². The van der Waals surface area contributed by atoms with E-state index in [1.54, 1.807) is 24.3 Å². The molecule has 2 aliphatic rings. The van der Waals surface area contributed by atoms with Crippen molar-refractivity contribution < 1.29 is 14.3 Å². The second-order valence-electron chi connectivity index (χ2n) is 6.33. The predicted molar refractivity (Wildman–Crippen MR) is 84.6 cm³/mol. The van der Waals surface area contributed by atoms with E-state index in [4.69, 9.17) is 16.3 Å². The zero-order valence-corrected chi connectivity index (χ0v) is 13.1. The summed E-state index contributed by atoms with van der Waals surface area (Å²) in [7, 11) is 0. The highest BCUT2D eigenvalue weighted by Crippen LogP contribution is 2.49. The van der Waals surface area contributed by atoms with Gasteiger partial charge >= 0.3 is 5.97 Å². The van der Waals surface area contributed by atoms with Gasteiger partial charge in [0.05, 0.1) is 10.7 Å². The maximum atomic E-state index is 11.9. The number of hydrogen-bond acceptors (Lipinski definition) is 3. The minimum Gasteiger partial charge on any atom is -0.456 e. The van der Waals surface area contributed by atoms with Crippen LogP contribution in [-0.2, 0) is 14.3 Å². The Balaban J connectivity index is 1.41. The summed E-state index contributed by atoms with van der Waals surface area (Å²) in [5.74, 6) is 1.32. The monoisotopic (exact) mass is 321 g/mol. The molecule has 1 aromatic rings. The minimum atomic E-state index is -0.366. The summed E-state index contributed by atoms with van der Waals surface area (Å²) in [4.78, 5) is 23.7. The van der Waals surface area contributed by atoms with E-state index in [2.05, 4.69) is 5.32 Å². The van der Waals surface area contributed by atoms with Crippen molar-refractivity contribution in [1.29, 1.82) is 0 Å². The first-order chi connectivity index (χ1) is 10.6. The number of hydrogen-bond donors (Lipinski definition) is 1. The molecule has 22 heavy (non-hydrogen) atoms. The summed E-state index contributed by atoms with van der Waals surface area (Å²) in [6.07, 6.45) is 5.42. The molecule has 2 fully saturated rings. The van der Waals surface area contributed by atoms with E-state index in [1.165, 1.54) is 19.3 Å². The van der Waals surface area contributed by atoms with Crippen molar-refractivity contribution in [2.45, 2.75) is 32.1 Å². The van der Waals surface area contributed by atoms with Gasteiger partial charge in [-0.1, -0.05) is 30.2 Å². The molecule has 5 heteroatoms. The fourth-order valence-corrected chi connectivity index (χ4v) is 3.98. The first kappa shape index (κ1) is 15.3. The van der Waals surface area contributed by atoms with Gasteiger partial charge in [-0.05, 0) is 49.1 Å². The molecule has 0 saturated heterocycles. The van der Waals surface area contributed by atoms with E-state index in [-0.39, 0.29) is 18.5 Å². The van der Waals surface area contributed by atoms with Crippen molar-refractivity contribution in [2.75, 3.05) is 11.9 Å². The van der Waals surface area contributed by atoms with Crippen LogP contribution >= 0.6 is 11.6 Å². The van der Waals surface area contributed by atoms with Gasteiger partial charge in [0.15, 0.2) is 6.61 Å². The van der Waals surface area contributed by atoms with Crippen LogP contribution in [0.15, 0.2) is 24.3 Å². The van der Waals surface area contributed by atoms with Crippen LogP contribution < -0.4 is 5.32 Å². The lowest BCUT2D eigenvalue weighted by molar-refractivity contribution is -0.148. The quantitative estimate of drug-likeness (QED) is 0.842. The number of rotatable bonds is 5. The molecule has 0 heterocycles. The lowest BCUT2D eigenvalue weighted by atomic mass is 9.86. The average molecular weight is 322 g/mol. The molecule has 1 aromatic carbocycles. The summed E-state index contributed by atoms with van der Waals surface area (Å²) in [5.41, 5.74) is 0.526. The predicted octanol–water partition coefficient (Wildman–Crippen LogP) is 3.65. The lowest BCUT2D eigenvalue weighted by Crippen LogP contribution is -2.23. The van der Waals surface area contributed by atoms with Crippen LogP contribution in [0.1, 0.15) is 32.1 Å².